The van der Waals surface area contributed by atoms with Crippen molar-refractivity contribution >= 4 is 28.3 Å². The number of carbonyl (C=O) groups excluding carboxylic acids is 1. The van der Waals surface area contributed by atoms with Crippen molar-refractivity contribution < 1.29 is 18.9 Å². The van der Waals surface area contributed by atoms with Gasteiger partial charge in [0.1, 0.15) is 17.6 Å². The van der Waals surface area contributed by atoms with E-state index in [2.05, 4.69) is 5.32 Å². The monoisotopic (exact) mass is 312 g/mol. The topological polar surface area (TPSA) is 94.6 Å². The Balaban J connectivity index is 1.90. The third-order valence-corrected chi connectivity index (χ3v) is 3.36. The van der Waals surface area contributed by atoms with Crippen LogP contribution in [0, 0.1) is 10.1 Å². The first-order valence-corrected chi connectivity index (χ1v) is 6.69. The predicted molar refractivity (Wildman–Crippen MR) is 83.8 cm³/mol. The van der Waals surface area contributed by atoms with E-state index in [1.165, 1.54) is 24.5 Å². The molecule has 0 spiro atoms. The van der Waals surface area contributed by atoms with Crippen molar-refractivity contribution in [2.24, 2.45) is 0 Å². The average molecular weight is 312 g/mol. The van der Waals surface area contributed by atoms with Crippen molar-refractivity contribution in [2.45, 2.75) is 0 Å². The van der Waals surface area contributed by atoms with Gasteiger partial charge in [0, 0.05) is 23.2 Å². The fourth-order valence-corrected chi connectivity index (χ4v) is 2.18. The number of carbonyl (C=O) groups is 1. The molecule has 0 atom stereocenters. The first-order chi connectivity index (χ1) is 11.1. The molecule has 0 saturated heterocycles. The molecule has 7 heteroatoms. The number of nitro groups is 1. The van der Waals surface area contributed by atoms with Crippen LogP contribution in [0.1, 0.15) is 10.4 Å². The highest BCUT2D eigenvalue weighted by atomic mass is 16.6. The number of benzene rings is 2. The highest BCUT2D eigenvalue weighted by molar-refractivity contribution is 6.12. The second kappa shape index (κ2) is 5.80. The molecule has 0 aliphatic rings. The number of amides is 1. The third-order valence-electron chi connectivity index (χ3n) is 3.36. The number of hydrogen-bond donors (Lipinski definition) is 1. The summed E-state index contributed by atoms with van der Waals surface area (Å²) < 4.78 is 10.3. The molecular weight excluding hydrogens is 300 g/mol. The molecule has 1 heterocycles. The first-order valence-electron chi connectivity index (χ1n) is 6.69. The second-order valence-corrected chi connectivity index (χ2v) is 4.77. The van der Waals surface area contributed by atoms with Gasteiger partial charge in [0.2, 0.25) is 0 Å². The van der Waals surface area contributed by atoms with Gasteiger partial charge in [-0.2, -0.15) is 0 Å². The summed E-state index contributed by atoms with van der Waals surface area (Å²) in [7, 11) is 1.55. The Morgan fingerprint density at radius 2 is 1.96 bits per heavy atom. The van der Waals surface area contributed by atoms with E-state index >= 15 is 0 Å². The van der Waals surface area contributed by atoms with Crippen molar-refractivity contribution in [3.8, 4) is 5.75 Å². The van der Waals surface area contributed by atoms with Crippen molar-refractivity contribution in [3.63, 3.8) is 0 Å². The summed E-state index contributed by atoms with van der Waals surface area (Å²) in [6.07, 6.45) is 1.28. The van der Waals surface area contributed by atoms with E-state index in [-0.39, 0.29) is 11.3 Å². The van der Waals surface area contributed by atoms with E-state index in [1.54, 1.807) is 31.4 Å². The van der Waals surface area contributed by atoms with Crippen LogP contribution in [0.5, 0.6) is 5.75 Å². The lowest BCUT2D eigenvalue weighted by Crippen LogP contribution is -2.11. The molecule has 23 heavy (non-hydrogen) atoms. The van der Waals surface area contributed by atoms with Gasteiger partial charge in [-0.1, -0.05) is 0 Å². The Bertz CT molecular complexity index is 883. The normalized spacial score (nSPS) is 10.5. The van der Waals surface area contributed by atoms with Gasteiger partial charge in [-0.15, -0.1) is 0 Å². The van der Waals surface area contributed by atoms with Gasteiger partial charge in [-0.3, -0.25) is 14.9 Å². The quantitative estimate of drug-likeness (QED) is 0.586. The summed E-state index contributed by atoms with van der Waals surface area (Å²) in [5.41, 5.74) is 1.13. The van der Waals surface area contributed by atoms with Crippen LogP contribution in [0.25, 0.3) is 11.0 Å². The summed E-state index contributed by atoms with van der Waals surface area (Å²) in [5, 5.41) is 14.0. The minimum absolute atomic E-state index is 0.0996. The molecule has 0 fully saturated rings. The smallest absolute Gasteiger partial charge is 0.270 e. The molecule has 0 aliphatic carbocycles. The number of fused-ring (bicyclic) bond motifs is 1. The molecule has 0 aliphatic heterocycles. The lowest BCUT2D eigenvalue weighted by molar-refractivity contribution is -0.384. The number of nitro benzene ring substituents is 1. The number of nitrogens with one attached hydrogen (secondary N) is 1. The summed E-state index contributed by atoms with van der Waals surface area (Å²) in [6, 6.07) is 10.9. The predicted octanol–water partition coefficient (Wildman–Crippen LogP) is 3.60. The highest BCUT2D eigenvalue weighted by Crippen LogP contribution is 2.26. The zero-order valence-electron chi connectivity index (χ0n) is 12.1. The third kappa shape index (κ3) is 2.84. The van der Waals surface area contributed by atoms with Gasteiger partial charge < -0.3 is 14.5 Å². The fraction of sp³-hybridized carbons (Fsp3) is 0.0625. The van der Waals surface area contributed by atoms with E-state index in [0.717, 1.165) is 0 Å². The van der Waals surface area contributed by atoms with Gasteiger partial charge >= 0.3 is 0 Å². The van der Waals surface area contributed by atoms with Crippen molar-refractivity contribution in [2.75, 3.05) is 12.4 Å². The molecule has 3 rings (SSSR count). The van der Waals surface area contributed by atoms with Gasteiger partial charge in [0.15, 0.2) is 0 Å². The van der Waals surface area contributed by atoms with Crippen LogP contribution >= 0.6 is 0 Å². The van der Waals surface area contributed by atoms with Crippen molar-refractivity contribution in [1.82, 2.24) is 0 Å². The number of non-ortho nitro benzene ring substituents is 1. The maximum atomic E-state index is 12.4. The van der Waals surface area contributed by atoms with Crippen LogP contribution in [-0.2, 0) is 0 Å². The molecule has 2 aromatic carbocycles. The molecule has 1 aromatic heterocycles. The van der Waals surface area contributed by atoms with Gasteiger partial charge in [-0.25, -0.2) is 0 Å². The molecule has 7 nitrogen and oxygen atoms in total. The lowest BCUT2D eigenvalue weighted by atomic mass is 10.1. The Morgan fingerprint density at radius 1 is 1.22 bits per heavy atom. The molecule has 116 valence electrons. The zero-order chi connectivity index (χ0) is 16.4. The molecule has 0 saturated carbocycles. The van der Waals surface area contributed by atoms with Gasteiger partial charge in [0.05, 0.1) is 17.6 Å². The Morgan fingerprint density at radius 3 is 2.61 bits per heavy atom. The standard InChI is InChI=1S/C16H12N2O5/c1-22-12-5-2-10(3-6-12)17-16(19)14-9-23-15-7-4-11(18(20)21)8-13(14)15/h2-9H,1H3,(H,17,19). The van der Waals surface area contributed by atoms with Crippen molar-refractivity contribution in [3.05, 3.63) is 64.4 Å². The van der Waals surface area contributed by atoms with Crippen LogP contribution in [0.3, 0.4) is 0 Å². The van der Waals surface area contributed by atoms with E-state index in [1.807, 2.05) is 0 Å². The van der Waals surface area contributed by atoms with Crippen LogP contribution in [0.2, 0.25) is 0 Å². The van der Waals surface area contributed by atoms with E-state index in [0.29, 0.717) is 22.4 Å². The Kier molecular flexibility index (Phi) is 3.68. The molecule has 1 amide bonds. The van der Waals surface area contributed by atoms with E-state index < -0.39 is 10.8 Å². The number of ether oxygens (including phenoxy) is 1. The number of furan rings is 1. The van der Waals surface area contributed by atoms with Gasteiger partial charge in [-0.05, 0) is 30.3 Å². The molecule has 0 bridgehead atoms. The molecular formula is C16H12N2O5. The fourth-order valence-electron chi connectivity index (χ4n) is 2.18. The minimum atomic E-state index is -0.516. The molecule has 1 N–H and O–H groups in total. The average Bonchev–Trinajstić information content (AvgIpc) is 2.98. The lowest BCUT2D eigenvalue weighted by Gasteiger charge is -2.05. The SMILES string of the molecule is COc1ccc(NC(=O)c2coc3ccc([N+](=O)[O-])cc23)cc1. The summed E-state index contributed by atoms with van der Waals surface area (Å²) >= 11 is 0. The molecule has 0 radical (unpaired) electrons. The number of methoxy groups -OCH3 is 1. The van der Waals surface area contributed by atoms with E-state index in [4.69, 9.17) is 9.15 Å². The summed E-state index contributed by atoms with van der Waals surface area (Å²) in [5.74, 6) is 0.266. The summed E-state index contributed by atoms with van der Waals surface area (Å²) in [4.78, 5) is 22.7. The molecule has 3 aromatic rings. The molecule has 0 unspecified atom stereocenters. The first kappa shape index (κ1) is 14.6. The number of anilines is 1. The van der Waals surface area contributed by atoms with Crippen LogP contribution < -0.4 is 10.1 Å². The van der Waals surface area contributed by atoms with Gasteiger partial charge in [0.25, 0.3) is 11.6 Å². The van der Waals surface area contributed by atoms with Crippen LogP contribution in [-0.4, -0.2) is 17.9 Å². The largest absolute Gasteiger partial charge is 0.497 e. The maximum absolute atomic E-state index is 12.4. The minimum Gasteiger partial charge on any atom is -0.497 e. The van der Waals surface area contributed by atoms with E-state index in [9.17, 15) is 14.9 Å². The summed E-state index contributed by atoms with van der Waals surface area (Å²) in [6.45, 7) is 0. The van der Waals surface area contributed by atoms with Crippen LogP contribution in [0.4, 0.5) is 11.4 Å². The Hall–Kier alpha value is -3.35. The van der Waals surface area contributed by atoms with Crippen LogP contribution in [0.15, 0.2) is 53.1 Å². The second-order valence-electron chi connectivity index (χ2n) is 4.77. The highest BCUT2D eigenvalue weighted by Gasteiger charge is 2.17. The zero-order valence-corrected chi connectivity index (χ0v) is 12.1. The Labute approximate surface area is 130 Å². The van der Waals surface area contributed by atoms with Crippen molar-refractivity contribution in [1.29, 1.82) is 0 Å². The number of hydrogen-bond acceptors (Lipinski definition) is 5. The number of rotatable bonds is 4. The number of nitrogens with zero attached hydrogens (tertiary/aromatic N) is 1. The maximum Gasteiger partial charge on any atom is 0.270 e.